The van der Waals surface area contributed by atoms with Gasteiger partial charge in [0.1, 0.15) is 10.5 Å². The molecule has 0 radical (unpaired) electrons. The largest absolute Gasteiger partial charge is 0.369 e. The molecular weight excluding hydrogens is 274 g/mol. The molecule has 0 aliphatic heterocycles. The number of anilines is 1. The van der Waals surface area contributed by atoms with Crippen molar-refractivity contribution in [2.24, 2.45) is 0 Å². The first-order chi connectivity index (χ1) is 9.78. The van der Waals surface area contributed by atoms with Gasteiger partial charge in [-0.05, 0) is 18.4 Å². The molecule has 102 valence electrons. The van der Waals surface area contributed by atoms with Crippen LogP contribution >= 0.6 is 11.3 Å². The first kappa shape index (κ1) is 12.7. The third kappa shape index (κ3) is 2.39. The zero-order valence-electron chi connectivity index (χ0n) is 10.9. The van der Waals surface area contributed by atoms with Crippen LogP contribution in [0.15, 0.2) is 35.0 Å². The molecule has 0 aliphatic rings. The highest BCUT2D eigenvalue weighted by Crippen LogP contribution is 2.13. The minimum Gasteiger partial charge on any atom is -0.369 e. The van der Waals surface area contributed by atoms with E-state index in [1.165, 1.54) is 11.3 Å². The van der Waals surface area contributed by atoms with E-state index in [9.17, 15) is 4.79 Å². The Morgan fingerprint density at radius 3 is 2.95 bits per heavy atom. The summed E-state index contributed by atoms with van der Waals surface area (Å²) in [4.78, 5) is 25.0. The molecule has 1 N–H and O–H groups in total. The second-order valence-electron chi connectivity index (χ2n) is 4.24. The van der Waals surface area contributed by atoms with Crippen molar-refractivity contribution >= 4 is 27.4 Å². The second kappa shape index (κ2) is 5.38. The van der Waals surface area contributed by atoms with E-state index in [1.807, 2.05) is 18.4 Å². The predicted octanol–water partition coefficient (Wildman–Crippen LogP) is 1.73. The van der Waals surface area contributed by atoms with Gasteiger partial charge in [-0.2, -0.15) is 0 Å². The Balaban J connectivity index is 1.88. The fourth-order valence-corrected chi connectivity index (χ4v) is 2.67. The SMILES string of the molecule is CCNc1cnc(Cn2cnc3ccsc3c2=O)cn1. The van der Waals surface area contributed by atoms with Crippen molar-refractivity contribution in [3.05, 3.63) is 46.2 Å². The van der Waals surface area contributed by atoms with Crippen LogP contribution in [0.5, 0.6) is 0 Å². The molecule has 0 amide bonds. The zero-order chi connectivity index (χ0) is 13.9. The minimum atomic E-state index is -0.0393. The maximum Gasteiger partial charge on any atom is 0.271 e. The lowest BCUT2D eigenvalue weighted by Crippen LogP contribution is -2.20. The molecule has 0 spiro atoms. The van der Waals surface area contributed by atoms with Crippen LogP contribution in [0.25, 0.3) is 10.2 Å². The van der Waals surface area contributed by atoms with Crippen LogP contribution in [-0.2, 0) is 6.54 Å². The quantitative estimate of drug-likeness (QED) is 0.791. The third-order valence-corrected chi connectivity index (χ3v) is 3.72. The molecule has 0 unspecified atom stereocenters. The second-order valence-corrected chi connectivity index (χ2v) is 5.15. The maximum atomic E-state index is 12.2. The fraction of sp³-hybridized carbons (Fsp3) is 0.231. The molecule has 0 saturated heterocycles. The van der Waals surface area contributed by atoms with E-state index >= 15 is 0 Å². The number of nitrogens with one attached hydrogen (secondary N) is 1. The van der Waals surface area contributed by atoms with Gasteiger partial charge in [0.25, 0.3) is 5.56 Å². The van der Waals surface area contributed by atoms with Crippen LogP contribution in [0.4, 0.5) is 5.82 Å². The van der Waals surface area contributed by atoms with Crippen LogP contribution in [0.1, 0.15) is 12.6 Å². The standard InChI is InChI=1S/C13H13N5OS/c1-2-14-11-6-15-9(5-16-11)7-18-8-17-10-3-4-20-12(10)13(18)19/h3-6,8H,2,7H2,1H3,(H,14,16). The normalized spacial score (nSPS) is 10.8. The molecular formula is C13H13N5OS. The lowest BCUT2D eigenvalue weighted by atomic mass is 10.4. The molecule has 0 saturated carbocycles. The molecule has 0 atom stereocenters. The number of aromatic nitrogens is 4. The fourth-order valence-electron chi connectivity index (χ4n) is 1.87. The first-order valence-corrected chi connectivity index (χ1v) is 7.13. The van der Waals surface area contributed by atoms with Gasteiger partial charge in [-0.25, -0.2) is 9.97 Å². The van der Waals surface area contributed by atoms with Crippen LogP contribution in [0.3, 0.4) is 0 Å². The smallest absolute Gasteiger partial charge is 0.271 e. The highest BCUT2D eigenvalue weighted by atomic mass is 32.1. The van der Waals surface area contributed by atoms with Crippen molar-refractivity contribution in [1.29, 1.82) is 0 Å². The molecule has 3 heterocycles. The molecule has 0 bridgehead atoms. The Hall–Kier alpha value is -2.28. The number of rotatable bonds is 4. The Bertz CT molecular complexity index is 777. The number of thiophene rings is 1. The summed E-state index contributed by atoms with van der Waals surface area (Å²) in [5.41, 5.74) is 1.43. The minimum absolute atomic E-state index is 0.0393. The number of hydrogen-bond donors (Lipinski definition) is 1. The molecule has 7 heteroatoms. The Morgan fingerprint density at radius 1 is 1.30 bits per heavy atom. The van der Waals surface area contributed by atoms with Crippen molar-refractivity contribution in [1.82, 2.24) is 19.5 Å². The molecule has 0 aliphatic carbocycles. The molecule has 3 aromatic rings. The molecule has 0 fully saturated rings. The highest BCUT2D eigenvalue weighted by Gasteiger charge is 2.06. The summed E-state index contributed by atoms with van der Waals surface area (Å²) in [5.74, 6) is 0.732. The van der Waals surface area contributed by atoms with Crippen LogP contribution < -0.4 is 10.9 Å². The molecule has 20 heavy (non-hydrogen) atoms. The van der Waals surface area contributed by atoms with Gasteiger partial charge in [-0.3, -0.25) is 14.3 Å². The van der Waals surface area contributed by atoms with E-state index in [-0.39, 0.29) is 5.56 Å². The summed E-state index contributed by atoms with van der Waals surface area (Å²) in [5, 5.41) is 4.95. The van der Waals surface area contributed by atoms with Gasteiger partial charge in [0.2, 0.25) is 0 Å². The van der Waals surface area contributed by atoms with Gasteiger partial charge in [0.05, 0.1) is 36.5 Å². The number of nitrogens with zero attached hydrogens (tertiary/aromatic N) is 4. The van der Waals surface area contributed by atoms with Crippen molar-refractivity contribution in [3.63, 3.8) is 0 Å². The Morgan fingerprint density at radius 2 is 2.20 bits per heavy atom. The Labute approximate surface area is 119 Å². The summed E-state index contributed by atoms with van der Waals surface area (Å²) in [6.07, 6.45) is 4.89. The van der Waals surface area contributed by atoms with Gasteiger partial charge in [-0.1, -0.05) is 0 Å². The number of hydrogen-bond acceptors (Lipinski definition) is 6. The van der Waals surface area contributed by atoms with Gasteiger partial charge in [0.15, 0.2) is 0 Å². The number of fused-ring (bicyclic) bond motifs is 1. The van der Waals surface area contributed by atoms with Gasteiger partial charge < -0.3 is 5.32 Å². The lowest BCUT2D eigenvalue weighted by molar-refractivity contribution is 0.727. The monoisotopic (exact) mass is 287 g/mol. The van der Waals surface area contributed by atoms with E-state index in [0.717, 1.165) is 23.6 Å². The topological polar surface area (TPSA) is 72.7 Å². The Kier molecular flexibility index (Phi) is 3.42. The average molecular weight is 287 g/mol. The summed E-state index contributed by atoms with van der Waals surface area (Å²) in [6, 6.07) is 1.84. The maximum absolute atomic E-state index is 12.2. The first-order valence-electron chi connectivity index (χ1n) is 6.25. The molecule has 6 nitrogen and oxygen atoms in total. The van der Waals surface area contributed by atoms with Crippen molar-refractivity contribution in [2.75, 3.05) is 11.9 Å². The highest BCUT2D eigenvalue weighted by molar-refractivity contribution is 7.17. The van der Waals surface area contributed by atoms with Gasteiger partial charge in [0, 0.05) is 6.54 Å². The zero-order valence-corrected chi connectivity index (χ0v) is 11.7. The van der Waals surface area contributed by atoms with E-state index in [2.05, 4.69) is 20.3 Å². The molecule has 0 aromatic carbocycles. The van der Waals surface area contributed by atoms with Crippen LogP contribution in [-0.4, -0.2) is 26.1 Å². The average Bonchev–Trinajstić information content (AvgIpc) is 2.94. The van der Waals surface area contributed by atoms with Gasteiger partial charge in [-0.15, -0.1) is 11.3 Å². The summed E-state index contributed by atoms with van der Waals surface area (Å²) < 4.78 is 2.22. The van der Waals surface area contributed by atoms with Crippen LogP contribution in [0, 0.1) is 0 Å². The van der Waals surface area contributed by atoms with Crippen molar-refractivity contribution in [2.45, 2.75) is 13.5 Å². The summed E-state index contributed by atoms with van der Waals surface area (Å²) in [6.45, 7) is 3.17. The lowest BCUT2D eigenvalue weighted by Gasteiger charge is -2.05. The van der Waals surface area contributed by atoms with Crippen molar-refractivity contribution in [3.8, 4) is 0 Å². The third-order valence-electron chi connectivity index (χ3n) is 2.83. The van der Waals surface area contributed by atoms with Gasteiger partial charge >= 0.3 is 0 Å². The summed E-state index contributed by atoms with van der Waals surface area (Å²) in [7, 11) is 0. The van der Waals surface area contributed by atoms with E-state index in [0.29, 0.717) is 11.2 Å². The molecule has 3 rings (SSSR count). The van der Waals surface area contributed by atoms with E-state index in [4.69, 9.17) is 0 Å². The predicted molar refractivity (Wildman–Crippen MR) is 79.2 cm³/mol. The van der Waals surface area contributed by atoms with E-state index in [1.54, 1.807) is 23.3 Å². The molecule has 3 aromatic heterocycles. The summed E-state index contributed by atoms with van der Waals surface area (Å²) >= 11 is 1.41. The van der Waals surface area contributed by atoms with Crippen molar-refractivity contribution < 1.29 is 0 Å². The van der Waals surface area contributed by atoms with Crippen LogP contribution in [0.2, 0.25) is 0 Å². The van der Waals surface area contributed by atoms with E-state index < -0.39 is 0 Å².